The molecule has 0 radical (unpaired) electrons. The fourth-order valence-electron chi connectivity index (χ4n) is 3.38. The van der Waals surface area contributed by atoms with Crippen molar-refractivity contribution in [2.75, 3.05) is 30.3 Å². The zero-order valence-electron chi connectivity index (χ0n) is 16.4. The van der Waals surface area contributed by atoms with Gasteiger partial charge in [-0.2, -0.15) is 5.10 Å². The molecule has 0 amide bonds. The third-order valence-electron chi connectivity index (χ3n) is 4.83. The van der Waals surface area contributed by atoms with Crippen molar-refractivity contribution in [1.29, 1.82) is 0 Å². The van der Waals surface area contributed by atoms with Crippen LogP contribution in [0.2, 0.25) is 0 Å². The number of nitro groups is 1. The lowest BCUT2D eigenvalue weighted by molar-refractivity contribution is -0.384. The number of piperidine rings is 1. The van der Waals surface area contributed by atoms with E-state index in [9.17, 15) is 14.9 Å². The van der Waals surface area contributed by atoms with Gasteiger partial charge in [0.2, 0.25) is 5.95 Å². The number of imidazole rings is 1. The van der Waals surface area contributed by atoms with Crippen LogP contribution in [0.4, 0.5) is 17.3 Å². The van der Waals surface area contributed by atoms with Gasteiger partial charge in [-0.25, -0.2) is 9.66 Å². The van der Waals surface area contributed by atoms with Crippen molar-refractivity contribution in [2.45, 2.75) is 26.7 Å². The molecule has 0 atom stereocenters. The highest BCUT2D eigenvalue weighted by Gasteiger charge is 2.27. The van der Waals surface area contributed by atoms with Crippen molar-refractivity contribution in [3.63, 3.8) is 0 Å². The van der Waals surface area contributed by atoms with Crippen LogP contribution in [0.15, 0.2) is 29.5 Å². The summed E-state index contributed by atoms with van der Waals surface area (Å²) in [4.78, 5) is 28.9. The number of aromatic nitrogens is 2. The van der Waals surface area contributed by atoms with Crippen molar-refractivity contribution in [1.82, 2.24) is 9.66 Å². The largest absolute Gasteiger partial charge is 0.466 e. The van der Waals surface area contributed by atoms with Crippen LogP contribution in [0, 0.1) is 23.0 Å². The van der Waals surface area contributed by atoms with E-state index in [-0.39, 0.29) is 23.5 Å². The maximum absolute atomic E-state index is 12.0. The third kappa shape index (κ3) is 4.71. The minimum atomic E-state index is -0.441. The molecular formula is C19H24N6O4. The molecule has 2 aromatic rings. The number of esters is 1. The Morgan fingerprint density at radius 3 is 2.76 bits per heavy atom. The van der Waals surface area contributed by atoms with E-state index in [1.165, 1.54) is 23.0 Å². The highest BCUT2D eigenvalue weighted by molar-refractivity contribution is 5.89. The summed E-state index contributed by atoms with van der Waals surface area (Å²) in [5.74, 6) is -0.0420. The first kappa shape index (κ1) is 20.3. The van der Waals surface area contributed by atoms with Crippen molar-refractivity contribution in [2.24, 2.45) is 11.0 Å². The molecule has 2 heterocycles. The molecule has 29 heavy (non-hydrogen) atoms. The van der Waals surface area contributed by atoms with E-state index in [4.69, 9.17) is 10.5 Å². The molecule has 1 aromatic carbocycles. The van der Waals surface area contributed by atoms with E-state index in [0.717, 1.165) is 11.4 Å². The number of anilines is 2. The van der Waals surface area contributed by atoms with E-state index in [1.54, 1.807) is 26.1 Å². The molecule has 10 heteroatoms. The molecule has 2 N–H and O–H groups in total. The molecule has 1 saturated heterocycles. The first-order valence-electron chi connectivity index (χ1n) is 9.45. The van der Waals surface area contributed by atoms with E-state index in [2.05, 4.69) is 15.0 Å². The summed E-state index contributed by atoms with van der Waals surface area (Å²) >= 11 is 0. The van der Waals surface area contributed by atoms with Crippen LogP contribution in [-0.2, 0) is 9.53 Å². The fraction of sp³-hybridized carbons (Fsp3) is 0.421. The van der Waals surface area contributed by atoms with Crippen molar-refractivity contribution in [3.8, 4) is 0 Å². The van der Waals surface area contributed by atoms with Gasteiger partial charge < -0.3 is 15.4 Å². The number of carbonyl (C=O) groups is 1. The molecule has 1 aliphatic heterocycles. The summed E-state index contributed by atoms with van der Waals surface area (Å²) < 4.78 is 6.54. The average molecular weight is 400 g/mol. The van der Waals surface area contributed by atoms with E-state index >= 15 is 0 Å². The SMILES string of the molecule is CCOC(=O)C1CCN(c2ccc([N+](=O)[O-])cc2C=Nn2cc(C)nc2N)CC1. The second-order valence-corrected chi connectivity index (χ2v) is 6.84. The Labute approximate surface area is 168 Å². The predicted molar refractivity (Wildman–Crippen MR) is 109 cm³/mol. The number of hydrogen-bond donors (Lipinski definition) is 1. The van der Waals surface area contributed by atoms with Crippen LogP contribution < -0.4 is 10.6 Å². The van der Waals surface area contributed by atoms with Crippen LogP contribution in [-0.4, -0.2) is 46.5 Å². The number of nitrogens with two attached hydrogens (primary N) is 1. The Morgan fingerprint density at radius 1 is 1.45 bits per heavy atom. The second kappa shape index (κ2) is 8.72. The van der Waals surface area contributed by atoms with Crippen LogP contribution in [0.3, 0.4) is 0 Å². The Bertz CT molecular complexity index is 931. The number of non-ortho nitro benzene ring substituents is 1. The van der Waals surface area contributed by atoms with E-state index in [0.29, 0.717) is 38.1 Å². The number of nitro benzene ring substituents is 1. The Kier molecular flexibility index (Phi) is 6.10. The van der Waals surface area contributed by atoms with E-state index < -0.39 is 4.92 Å². The summed E-state index contributed by atoms with van der Waals surface area (Å²) in [5.41, 5.74) is 7.92. The molecule has 1 aromatic heterocycles. The number of carbonyl (C=O) groups excluding carboxylic acids is 1. The van der Waals surface area contributed by atoms with Crippen LogP contribution >= 0.6 is 0 Å². The minimum absolute atomic E-state index is 0.0219. The molecule has 1 fully saturated rings. The van der Waals surface area contributed by atoms with Gasteiger partial charge in [-0.15, -0.1) is 0 Å². The first-order chi connectivity index (χ1) is 13.9. The van der Waals surface area contributed by atoms with Gasteiger partial charge in [0, 0.05) is 36.5 Å². The van der Waals surface area contributed by atoms with Crippen molar-refractivity contribution >= 4 is 29.5 Å². The van der Waals surface area contributed by atoms with Crippen molar-refractivity contribution < 1.29 is 14.5 Å². The summed E-state index contributed by atoms with van der Waals surface area (Å²) in [6.07, 6.45) is 4.55. The van der Waals surface area contributed by atoms with Gasteiger partial charge in [0.1, 0.15) is 0 Å². The van der Waals surface area contributed by atoms with Gasteiger partial charge in [-0.3, -0.25) is 14.9 Å². The Morgan fingerprint density at radius 2 is 2.17 bits per heavy atom. The smallest absolute Gasteiger partial charge is 0.309 e. The third-order valence-corrected chi connectivity index (χ3v) is 4.83. The highest BCUT2D eigenvalue weighted by Crippen LogP contribution is 2.29. The van der Waals surface area contributed by atoms with Crippen LogP contribution in [0.1, 0.15) is 31.0 Å². The summed E-state index contributed by atoms with van der Waals surface area (Å²) in [7, 11) is 0. The Balaban J connectivity index is 1.84. The number of nitrogen functional groups attached to an aromatic ring is 1. The minimum Gasteiger partial charge on any atom is -0.466 e. The normalized spacial score (nSPS) is 15.0. The molecule has 0 aliphatic carbocycles. The van der Waals surface area contributed by atoms with Gasteiger partial charge in [-0.1, -0.05) is 0 Å². The summed E-state index contributed by atoms with van der Waals surface area (Å²) in [6.45, 7) is 5.26. The molecule has 0 saturated carbocycles. The van der Waals surface area contributed by atoms with Crippen molar-refractivity contribution in [3.05, 3.63) is 45.8 Å². The molecule has 154 valence electrons. The van der Waals surface area contributed by atoms with E-state index in [1.807, 2.05) is 0 Å². The molecule has 0 spiro atoms. The highest BCUT2D eigenvalue weighted by atomic mass is 16.6. The molecule has 0 unspecified atom stereocenters. The number of benzene rings is 1. The zero-order valence-corrected chi connectivity index (χ0v) is 16.4. The summed E-state index contributed by atoms with van der Waals surface area (Å²) in [6, 6.07) is 4.67. The van der Waals surface area contributed by atoms with Gasteiger partial charge in [0.05, 0.1) is 35.6 Å². The zero-order chi connectivity index (χ0) is 21.0. The second-order valence-electron chi connectivity index (χ2n) is 6.84. The monoisotopic (exact) mass is 400 g/mol. The molecule has 1 aliphatic rings. The quantitative estimate of drug-likeness (QED) is 0.341. The summed E-state index contributed by atoms with van der Waals surface area (Å²) in [5, 5.41) is 15.5. The maximum Gasteiger partial charge on any atom is 0.309 e. The standard InChI is InChI=1S/C19H24N6O4/c1-3-29-18(26)14-6-8-23(9-7-14)17-5-4-16(25(27)28)10-15(17)11-21-24-12-13(2)22-19(24)20/h4-5,10-12,14H,3,6-9H2,1-2H3,(H2,20,22). The Hall–Kier alpha value is -3.43. The topological polar surface area (TPSA) is 129 Å². The van der Waals surface area contributed by atoms with Gasteiger partial charge in [-0.05, 0) is 32.8 Å². The van der Waals surface area contributed by atoms with Gasteiger partial charge >= 0.3 is 5.97 Å². The lowest BCUT2D eigenvalue weighted by atomic mass is 9.96. The lowest BCUT2D eigenvalue weighted by Gasteiger charge is -2.33. The average Bonchev–Trinajstić information content (AvgIpc) is 3.03. The molecule has 3 rings (SSSR count). The number of aryl methyl sites for hydroxylation is 1. The molecule has 0 bridgehead atoms. The lowest BCUT2D eigenvalue weighted by Crippen LogP contribution is -2.37. The van der Waals surface area contributed by atoms with Crippen LogP contribution in [0.25, 0.3) is 0 Å². The van der Waals surface area contributed by atoms with Crippen LogP contribution in [0.5, 0.6) is 0 Å². The van der Waals surface area contributed by atoms with Gasteiger partial charge in [0.25, 0.3) is 5.69 Å². The first-order valence-corrected chi connectivity index (χ1v) is 9.45. The van der Waals surface area contributed by atoms with Gasteiger partial charge in [0.15, 0.2) is 0 Å². The predicted octanol–water partition coefficient (Wildman–Crippen LogP) is 2.34. The number of hydrogen-bond acceptors (Lipinski definition) is 8. The fourth-order valence-corrected chi connectivity index (χ4v) is 3.38. The molecular weight excluding hydrogens is 376 g/mol. The number of nitrogens with zero attached hydrogens (tertiary/aromatic N) is 5. The number of rotatable bonds is 6. The maximum atomic E-state index is 12.0. The number of ether oxygens (including phenoxy) is 1. The molecule has 10 nitrogen and oxygen atoms in total.